The molecule has 120 valence electrons. The predicted molar refractivity (Wildman–Crippen MR) is 83.0 cm³/mol. The van der Waals surface area contributed by atoms with Crippen LogP contribution in [0.25, 0.3) is 0 Å². The van der Waals surface area contributed by atoms with Crippen molar-refractivity contribution in [2.24, 2.45) is 7.05 Å². The van der Waals surface area contributed by atoms with E-state index in [0.717, 1.165) is 25.2 Å². The van der Waals surface area contributed by atoms with Crippen molar-refractivity contribution >= 4 is 6.09 Å². The molecule has 0 unspecified atom stereocenters. The van der Waals surface area contributed by atoms with Crippen LogP contribution in [0.1, 0.15) is 39.8 Å². The van der Waals surface area contributed by atoms with Gasteiger partial charge in [-0.15, -0.1) is 0 Å². The highest BCUT2D eigenvalue weighted by Crippen LogP contribution is 2.10. The van der Waals surface area contributed by atoms with Gasteiger partial charge in [0.25, 0.3) is 0 Å². The molecule has 0 bridgehead atoms. The Bertz CT molecular complexity index is 437. The van der Waals surface area contributed by atoms with Gasteiger partial charge in [-0.3, -0.25) is 4.68 Å². The lowest BCUT2D eigenvalue weighted by Crippen LogP contribution is -2.38. The molecular formula is C15H28N4O2. The van der Waals surface area contributed by atoms with Gasteiger partial charge in [-0.25, -0.2) is 4.79 Å². The van der Waals surface area contributed by atoms with Crippen LogP contribution < -0.4 is 5.32 Å². The summed E-state index contributed by atoms with van der Waals surface area (Å²) in [6.07, 6.45) is 2.44. The lowest BCUT2D eigenvalue weighted by atomic mass is 10.2. The molecule has 6 heteroatoms. The van der Waals surface area contributed by atoms with Crippen LogP contribution in [-0.4, -0.2) is 46.0 Å². The molecule has 0 aliphatic rings. The van der Waals surface area contributed by atoms with E-state index >= 15 is 0 Å². The summed E-state index contributed by atoms with van der Waals surface area (Å²) in [5, 5.41) is 7.48. The van der Waals surface area contributed by atoms with E-state index in [1.54, 1.807) is 11.1 Å². The molecule has 0 fully saturated rings. The summed E-state index contributed by atoms with van der Waals surface area (Å²) >= 11 is 0. The summed E-state index contributed by atoms with van der Waals surface area (Å²) in [4.78, 5) is 13.7. The van der Waals surface area contributed by atoms with E-state index in [0.29, 0.717) is 13.1 Å². The minimum absolute atomic E-state index is 0.239. The lowest BCUT2D eigenvalue weighted by molar-refractivity contribution is 0.0258. The van der Waals surface area contributed by atoms with Gasteiger partial charge in [0.2, 0.25) is 0 Å². The maximum atomic E-state index is 12.0. The zero-order valence-electron chi connectivity index (χ0n) is 13.8. The highest BCUT2D eigenvalue weighted by atomic mass is 16.6. The van der Waals surface area contributed by atoms with Crippen molar-refractivity contribution in [2.75, 3.05) is 19.6 Å². The average molecular weight is 296 g/mol. The number of aromatic nitrogens is 2. The summed E-state index contributed by atoms with van der Waals surface area (Å²) < 4.78 is 7.23. The second-order valence-electron chi connectivity index (χ2n) is 6.04. The third-order valence-corrected chi connectivity index (χ3v) is 3.04. The molecule has 0 aromatic carbocycles. The number of rotatable bonds is 7. The first-order chi connectivity index (χ1) is 9.83. The second kappa shape index (κ2) is 8.02. The van der Waals surface area contributed by atoms with E-state index in [1.165, 1.54) is 0 Å². The molecule has 1 heterocycles. The van der Waals surface area contributed by atoms with E-state index < -0.39 is 5.60 Å². The zero-order chi connectivity index (χ0) is 15.9. The molecule has 1 rings (SSSR count). The second-order valence-corrected chi connectivity index (χ2v) is 6.04. The molecule has 21 heavy (non-hydrogen) atoms. The van der Waals surface area contributed by atoms with E-state index in [-0.39, 0.29) is 6.09 Å². The fraction of sp³-hybridized carbons (Fsp3) is 0.733. The van der Waals surface area contributed by atoms with Crippen molar-refractivity contribution in [1.82, 2.24) is 20.0 Å². The van der Waals surface area contributed by atoms with Crippen LogP contribution in [-0.2, 0) is 18.3 Å². The predicted octanol–water partition coefficient (Wildman–Crippen LogP) is 2.16. The number of hydrogen-bond donors (Lipinski definition) is 1. The Labute approximate surface area is 127 Å². The summed E-state index contributed by atoms with van der Waals surface area (Å²) in [5.41, 5.74) is 0.705. The minimum atomic E-state index is -0.442. The number of carbonyl (C=O) groups is 1. The van der Waals surface area contributed by atoms with Crippen LogP contribution in [0.2, 0.25) is 0 Å². The molecule has 1 aromatic heterocycles. The summed E-state index contributed by atoms with van der Waals surface area (Å²) in [5.74, 6) is 0. The molecular weight excluding hydrogens is 268 g/mol. The quantitative estimate of drug-likeness (QED) is 0.783. The van der Waals surface area contributed by atoms with Crippen molar-refractivity contribution in [3.8, 4) is 0 Å². The van der Waals surface area contributed by atoms with Gasteiger partial charge in [-0.05, 0) is 46.7 Å². The maximum Gasteiger partial charge on any atom is 0.410 e. The molecule has 6 nitrogen and oxygen atoms in total. The Balaban J connectivity index is 2.23. The smallest absolute Gasteiger partial charge is 0.410 e. The minimum Gasteiger partial charge on any atom is -0.444 e. The normalized spacial score (nSPS) is 11.5. The molecule has 0 aliphatic heterocycles. The van der Waals surface area contributed by atoms with Gasteiger partial charge in [0.05, 0.1) is 5.69 Å². The first-order valence-electron chi connectivity index (χ1n) is 7.49. The Hall–Kier alpha value is -1.56. The first-order valence-corrected chi connectivity index (χ1v) is 7.49. The van der Waals surface area contributed by atoms with Gasteiger partial charge < -0.3 is 15.0 Å². The van der Waals surface area contributed by atoms with Crippen LogP contribution in [0.15, 0.2) is 12.3 Å². The summed E-state index contributed by atoms with van der Waals surface area (Å²) in [7, 11) is 1.93. The fourth-order valence-corrected chi connectivity index (χ4v) is 1.89. The summed E-state index contributed by atoms with van der Waals surface area (Å²) in [6, 6.07) is 1.99. The maximum absolute atomic E-state index is 12.0. The number of nitrogens with zero attached hydrogens (tertiary/aromatic N) is 3. The van der Waals surface area contributed by atoms with E-state index in [1.807, 2.05) is 45.5 Å². The Morgan fingerprint density at radius 1 is 1.48 bits per heavy atom. The van der Waals surface area contributed by atoms with Crippen molar-refractivity contribution < 1.29 is 9.53 Å². The van der Waals surface area contributed by atoms with E-state index in [4.69, 9.17) is 4.74 Å². The zero-order valence-corrected chi connectivity index (χ0v) is 13.8. The average Bonchev–Trinajstić information content (AvgIpc) is 2.77. The highest BCUT2D eigenvalue weighted by molar-refractivity contribution is 5.68. The van der Waals surface area contributed by atoms with Crippen LogP contribution in [0.5, 0.6) is 0 Å². The van der Waals surface area contributed by atoms with Gasteiger partial charge in [-0.2, -0.15) is 5.10 Å². The summed E-state index contributed by atoms with van der Waals surface area (Å²) in [6.45, 7) is 10.6. The highest BCUT2D eigenvalue weighted by Gasteiger charge is 2.20. The SMILES string of the molecule is CCN(CCCNCc1ccnn1C)C(=O)OC(C)(C)C. The van der Waals surface area contributed by atoms with Gasteiger partial charge >= 0.3 is 6.09 Å². The molecule has 1 N–H and O–H groups in total. The number of nitrogens with one attached hydrogen (secondary N) is 1. The standard InChI is InChI=1S/C15H28N4O2/c1-6-19(14(20)21-15(2,3)4)11-7-9-16-12-13-8-10-17-18(13)5/h8,10,16H,6-7,9,11-12H2,1-5H3. The number of hydrogen-bond acceptors (Lipinski definition) is 4. The van der Waals surface area contributed by atoms with Gasteiger partial charge in [0.15, 0.2) is 0 Å². The number of amides is 1. The Morgan fingerprint density at radius 2 is 2.19 bits per heavy atom. The number of aryl methyl sites for hydroxylation is 1. The van der Waals surface area contributed by atoms with Gasteiger partial charge in [0, 0.05) is 32.9 Å². The van der Waals surface area contributed by atoms with Gasteiger partial charge in [0.1, 0.15) is 5.60 Å². The molecule has 0 spiro atoms. The molecule has 0 saturated carbocycles. The fourth-order valence-electron chi connectivity index (χ4n) is 1.89. The number of ether oxygens (including phenoxy) is 1. The van der Waals surface area contributed by atoms with Gasteiger partial charge in [-0.1, -0.05) is 0 Å². The molecule has 0 atom stereocenters. The Kier molecular flexibility index (Phi) is 6.68. The number of carbonyl (C=O) groups excluding carboxylic acids is 1. The molecule has 1 aromatic rings. The molecule has 0 radical (unpaired) electrons. The molecule has 1 amide bonds. The largest absolute Gasteiger partial charge is 0.444 e. The third kappa shape index (κ3) is 6.62. The van der Waals surface area contributed by atoms with Crippen LogP contribution >= 0.6 is 0 Å². The van der Waals surface area contributed by atoms with E-state index in [2.05, 4.69) is 10.4 Å². The lowest BCUT2D eigenvalue weighted by Gasteiger charge is -2.26. The first kappa shape index (κ1) is 17.5. The van der Waals surface area contributed by atoms with Crippen molar-refractivity contribution in [1.29, 1.82) is 0 Å². The van der Waals surface area contributed by atoms with Crippen molar-refractivity contribution in [2.45, 2.75) is 46.3 Å². The van der Waals surface area contributed by atoms with Crippen molar-refractivity contribution in [3.63, 3.8) is 0 Å². The third-order valence-electron chi connectivity index (χ3n) is 3.04. The molecule has 0 aliphatic carbocycles. The molecule has 0 saturated heterocycles. The van der Waals surface area contributed by atoms with Crippen molar-refractivity contribution in [3.05, 3.63) is 18.0 Å². The van der Waals surface area contributed by atoms with Crippen LogP contribution in [0, 0.1) is 0 Å². The van der Waals surface area contributed by atoms with Crippen LogP contribution in [0.4, 0.5) is 4.79 Å². The monoisotopic (exact) mass is 296 g/mol. The van der Waals surface area contributed by atoms with Crippen LogP contribution in [0.3, 0.4) is 0 Å². The topological polar surface area (TPSA) is 59.4 Å². The Morgan fingerprint density at radius 3 is 2.71 bits per heavy atom. The van der Waals surface area contributed by atoms with E-state index in [9.17, 15) is 4.79 Å².